The second-order valence-electron chi connectivity index (χ2n) is 5.35. The van der Waals surface area contributed by atoms with Crippen molar-refractivity contribution in [3.63, 3.8) is 0 Å². The Morgan fingerprint density at radius 3 is 2.74 bits per heavy atom. The van der Waals surface area contributed by atoms with Crippen LogP contribution in [-0.2, 0) is 6.54 Å². The number of nitrogens with zero attached hydrogens (tertiary/aromatic N) is 4. The average molecular weight is 305 g/mol. The monoisotopic (exact) mass is 305 g/mol. The van der Waals surface area contributed by atoms with Gasteiger partial charge in [-0.2, -0.15) is 4.68 Å². The third-order valence-electron chi connectivity index (χ3n) is 3.65. The van der Waals surface area contributed by atoms with Gasteiger partial charge in [-0.25, -0.2) is 0 Å². The molecule has 114 valence electrons. The van der Waals surface area contributed by atoms with Gasteiger partial charge in [0, 0.05) is 5.39 Å². The Balaban J connectivity index is 1.55. The smallest absolute Gasteiger partial charge is 0.248 e. The zero-order valence-corrected chi connectivity index (χ0v) is 12.6. The Morgan fingerprint density at radius 1 is 1.09 bits per heavy atom. The van der Waals surface area contributed by atoms with E-state index >= 15 is 0 Å². The summed E-state index contributed by atoms with van der Waals surface area (Å²) in [7, 11) is 0. The minimum absolute atomic E-state index is 0.515. The van der Waals surface area contributed by atoms with Crippen molar-refractivity contribution in [2.24, 2.45) is 0 Å². The lowest BCUT2D eigenvalue weighted by Gasteiger charge is -2.06. The molecule has 0 aliphatic heterocycles. The highest BCUT2D eigenvalue weighted by atomic mass is 16.3. The first-order valence-electron chi connectivity index (χ1n) is 7.36. The van der Waals surface area contributed by atoms with Crippen LogP contribution in [-0.4, -0.2) is 20.2 Å². The molecule has 0 spiro atoms. The van der Waals surface area contributed by atoms with Crippen molar-refractivity contribution >= 4 is 16.9 Å². The number of rotatable bonds is 4. The Hall–Kier alpha value is -3.15. The van der Waals surface area contributed by atoms with Crippen LogP contribution in [0.3, 0.4) is 0 Å². The van der Waals surface area contributed by atoms with Crippen LogP contribution in [0.5, 0.6) is 0 Å². The van der Waals surface area contributed by atoms with E-state index < -0.39 is 0 Å². The van der Waals surface area contributed by atoms with Crippen LogP contribution in [0.2, 0.25) is 0 Å². The molecule has 0 fully saturated rings. The normalized spacial score (nSPS) is 11.0. The molecule has 2 heterocycles. The summed E-state index contributed by atoms with van der Waals surface area (Å²) in [5.41, 5.74) is 2.98. The summed E-state index contributed by atoms with van der Waals surface area (Å²) in [5.74, 6) is 1.42. The highest BCUT2D eigenvalue weighted by Gasteiger charge is 2.09. The molecular weight excluding hydrogens is 290 g/mol. The van der Waals surface area contributed by atoms with Crippen LogP contribution in [0.1, 0.15) is 11.3 Å². The van der Waals surface area contributed by atoms with E-state index in [0.717, 1.165) is 22.4 Å². The second kappa shape index (κ2) is 5.57. The number of aromatic nitrogens is 4. The molecule has 6 nitrogen and oxygen atoms in total. The molecule has 0 saturated heterocycles. The number of nitrogens with one attached hydrogen (secondary N) is 1. The third-order valence-corrected chi connectivity index (χ3v) is 3.65. The standard InChI is InChI=1S/C17H15N5O/c1-12-6-8-14(9-7-12)22-17(19-20-21-22)18-11-15-10-13-4-2-3-5-16(13)23-15/h2-10H,11H2,1H3,(H,18,19,21). The van der Waals surface area contributed by atoms with E-state index in [1.807, 2.05) is 61.5 Å². The van der Waals surface area contributed by atoms with Crippen molar-refractivity contribution in [2.75, 3.05) is 5.32 Å². The molecule has 0 atom stereocenters. The lowest BCUT2D eigenvalue weighted by molar-refractivity contribution is 0.558. The number of para-hydroxylation sites is 1. The van der Waals surface area contributed by atoms with Crippen molar-refractivity contribution in [3.8, 4) is 5.69 Å². The fourth-order valence-electron chi connectivity index (χ4n) is 2.45. The molecule has 2 aromatic heterocycles. The van der Waals surface area contributed by atoms with Gasteiger partial charge in [0.05, 0.1) is 12.2 Å². The van der Waals surface area contributed by atoms with Crippen molar-refractivity contribution < 1.29 is 4.42 Å². The van der Waals surface area contributed by atoms with E-state index in [9.17, 15) is 0 Å². The quantitative estimate of drug-likeness (QED) is 0.626. The molecule has 6 heteroatoms. The van der Waals surface area contributed by atoms with Gasteiger partial charge < -0.3 is 9.73 Å². The second-order valence-corrected chi connectivity index (χ2v) is 5.35. The molecule has 0 radical (unpaired) electrons. The van der Waals surface area contributed by atoms with Gasteiger partial charge in [-0.3, -0.25) is 0 Å². The predicted molar refractivity (Wildman–Crippen MR) is 87.4 cm³/mol. The largest absolute Gasteiger partial charge is 0.459 e. The van der Waals surface area contributed by atoms with Crippen LogP contribution < -0.4 is 5.32 Å². The fourth-order valence-corrected chi connectivity index (χ4v) is 2.45. The number of benzene rings is 2. The zero-order chi connectivity index (χ0) is 15.6. The first-order valence-corrected chi connectivity index (χ1v) is 7.36. The maximum absolute atomic E-state index is 5.79. The number of hydrogen-bond acceptors (Lipinski definition) is 5. The number of tetrazole rings is 1. The molecule has 0 aliphatic rings. The Morgan fingerprint density at radius 2 is 1.91 bits per heavy atom. The number of furan rings is 1. The number of fused-ring (bicyclic) bond motifs is 1. The van der Waals surface area contributed by atoms with Crippen molar-refractivity contribution in [3.05, 3.63) is 65.9 Å². The van der Waals surface area contributed by atoms with Gasteiger partial charge in [0.2, 0.25) is 5.95 Å². The molecule has 1 N–H and O–H groups in total. The number of aryl methyl sites for hydroxylation is 1. The van der Waals surface area contributed by atoms with Crippen LogP contribution >= 0.6 is 0 Å². The topological polar surface area (TPSA) is 68.8 Å². The van der Waals surface area contributed by atoms with Crippen molar-refractivity contribution in [2.45, 2.75) is 13.5 Å². The molecule has 4 aromatic rings. The van der Waals surface area contributed by atoms with Gasteiger partial charge in [0.25, 0.3) is 0 Å². The lowest BCUT2D eigenvalue weighted by atomic mass is 10.2. The highest BCUT2D eigenvalue weighted by molar-refractivity contribution is 5.77. The molecular formula is C17H15N5O. The van der Waals surface area contributed by atoms with E-state index in [1.54, 1.807) is 4.68 Å². The van der Waals surface area contributed by atoms with Crippen LogP contribution in [0, 0.1) is 6.92 Å². The zero-order valence-electron chi connectivity index (χ0n) is 12.6. The maximum Gasteiger partial charge on any atom is 0.248 e. The Bertz CT molecular complexity index is 906. The van der Waals surface area contributed by atoms with E-state index in [-0.39, 0.29) is 0 Å². The Kier molecular flexibility index (Phi) is 3.27. The van der Waals surface area contributed by atoms with Gasteiger partial charge in [-0.05, 0) is 41.6 Å². The maximum atomic E-state index is 5.79. The fraction of sp³-hybridized carbons (Fsp3) is 0.118. The molecule has 0 bridgehead atoms. The van der Waals surface area contributed by atoms with Crippen LogP contribution in [0.25, 0.3) is 16.7 Å². The average Bonchev–Trinajstić information content (AvgIpc) is 3.19. The summed E-state index contributed by atoms with van der Waals surface area (Å²) in [6, 6.07) is 18.0. The van der Waals surface area contributed by atoms with E-state index in [1.165, 1.54) is 5.56 Å². The third kappa shape index (κ3) is 2.66. The Labute approximate surface area is 132 Å². The molecule has 23 heavy (non-hydrogen) atoms. The van der Waals surface area contributed by atoms with Gasteiger partial charge in [0.1, 0.15) is 11.3 Å². The van der Waals surface area contributed by atoms with Crippen molar-refractivity contribution in [1.29, 1.82) is 0 Å². The predicted octanol–water partition coefficient (Wildman–Crippen LogP) is 3.33. The summed E-state index contributed by atoms with van der Waals surface area (Å²) in [6.45, 7) is 2.56. The number of anilines is 1. The molecule has 4 rings (SSSR count). The van der Waals surface area contributed by atoms with E-state index in [4.69, 9.17) is 4.42 Å². The summed E-state index contributed by atoms with van der Waals surface area (Å²) < 4.78 is 7.46. The van der Waals surface area contributed by atoms with Crippen LogP contribution in [0.4, 0.5) is 5.95 Å². The molecule has 0 saturated carbocycles. The molecule has 0 amide bonds. The summed E-state index contributed by atoms with van der Waals surface area (Å²) in [4.78, 5) is 0. The van der Waals surface area contributed by atoms with Crippen LogP contribution in [0.15, 0.2) is 59.0 Å². The molecule has 2 aromatic carbocycles. The first-order chi connectivity index (χ1) is 11.3. The van der Waals surface area contributed by atoms with E-state index in [0.29, 0.717) is 12.5 Å². The SMILES string of the molecule is Cc1ccc(-n2nnnc2NCc2cc3ccccc3o2)cc1. The lowest BCUT2D eigenvalue weighted by Crippen LogP contribution is -2.07. The van der Waals surface area contributed by atoms with E-state index in [2.05, 4.69) is 20.8 Å². The van der Waals surface area contributed by atoms with Crippen molar-refractivity contribution in [1.82, 2.24) is 20.2 Å². The molecule has 0 unspecified atom stereocenters. The minimum Gasteiger partial charge on any atom is -0.459 e. The summed E-state index contributed by atoms with van der Waals surface area (Å²) in [5, 5.41) is 16.1. The summed E-state index contributed by atoms with van der Waals surface area (Å²) >= 11 is 0. The number of hydrogen-bond donors (Lipinski definition) is 1. The minimum atomic E-state index is 0.515. The van der Waals surface area contributed by atoms with Gasteiger partial charge in [-0.15, -0.1) is 0 Å². The molecule has 0 aliphatic carbocycles. The summed E-state index contributed by atoms with van der Waals surface area (Å²) in [6.07, 6.45) is 0. The first kappa shape index (κ1) is 13.5. The highest BCUT2D eigenvalue weighted by Crippen LogP contribution is 2.20. The van der Waals surface area contributed by atoms with Gasteiger partial charge in [0.15, 0.2) is 0 Å². The van der Waals surface area contributed by atoms with Gasteiger partial charge >= 0.3 is 0 Å². The van der Waals surface area contributed by atoms with Gasteiger partial charge in [-0.1, -0.05) is 41.0 Å².